The Morgan fingerprint density at radius 2 is 2.00 bits per heavy atom. The fraction of sp³-hybridized carbons (Fsp3) is 0.222. The number of aromatic nitrogens is 2. The van der Waals surface area contributed by atoms with Crippen molar-refractivity contribution < 1.29 is 8.98 Å². The summed E-state index contributed by atoms with van der Waals surface area (Å²) >= 11 is 0. The lowest BCUT2D eigenvalue weighted by Gasteiger charge is -2.22. The summed E-state index contributed by atoms with van der Waals surface area (Å²) in [7, 11) is 2.06. The monoisotopic (exact) mass is 304 g/mol. The SMILES string of the molecule is CB1C=c2c(oc3nc(C)ccc23)=C(C)N1c1cccc[n+]1C. The molecule has 1 aliphatic rings. The molecule has 0 saturated carbocycles. The molecule has 0 saturated heterocycles. The van der Waals surface area contributed by atoms with Gasteiger partial charge in [-0.25, -0.2) is 9.55 Å². The summed E-state index contributed by atoms with van der Waals surface area (Å²) in [6.07, 6.45) is 2.06. The molecule has 3 aromatic rings. The van der Waals surface area contributed by atoms with Crippen molar-refractivity contribution in [1.29, 1.82) is 0 Å². The van der Waals surface area contributed by atoms with Crippen molar-refractivity contribution in [3.8, 4) is 0 Å². The van der Waals surface area contributed by atoms with Crippen molar-refractivity contribution in [2.24, 2.45) is 7.05 Å². The van der Waals surface area contributed by atoms with E-state index < -0.39 is 0 Å². The van der Waals surface area contributed by atoms with Gasteiger partial charge in [0.15, 0.2) is 5.42 Å². The highest BCUT2D eigenvalue weighted by atomic mass is 16.3. The Morgan fingerprint density at radius 3 is 2.78 bits per heavy atom. The van der Waals surface area contributed by atoms with Gasteiger partial charge in [0.05, 0.1) is 13.2 Å². The highest BCUT2D eigenvalue weighted by Gasteiger charge is 2.33. The van der Waals surface area contributed by atoms with E-state index >= 15 is 0 Å². The van der Waals surface area contributed by atoms with Crippen LogP contribution in [0.25, 0.3) is 22.8 Å². The van der Waals surface area contributed by atoms with Gasteiger partial charge in [-0.05, 0) is 38.9 Å². The molecule has 0 aromatic carbocycles. The topological polar surface area (TPSA) is 33.2 Å². The van der Waals surface area contributed by atoms with Crippen molar-refractivity contribution in [3.63, 3.8) is 0 Å². The largest absolute Gasteiger partial charge is 0.434 e. The number of hydrogen-bond acceptors (Lipinski definition) is 3. The fourth-order valence-electron chi connectivity index (χ4n) is 3.40. The van der Waals surface area contributed by atoms with Gasteiger partial charge in [-0.3, -0.25) is 4.81 Å². The zero-order chi connectivity index (χ0) is 16.1. The predicted octanol–water partition coefficient (Wildman–Crippen LogP) is 1.55. The molecule has 0 fully saturated rings. The van der Waals surface area contributed by atoms with Crippen LogP contribution in [0.2, 0.25) is 6.82 Å². The van der Waals surface area contributed by atoms with Gasteiger partial charge in [-0.15, -0.1) is 0 Å². The van der Waals surface area contributed by atoms with E-state index in [1.54, 1.807) is 0 Å². The molecule has 23 heavy (non-hydrogen) atoms. The van der Waals surface area contributed by atoms with Crippen LogP contribution in [0.5, 0.6) is 0 Å². The lowest BCUT2D eigenvalue weighted by molar-refractivity contribution is -0.658. The maximum Gasteiger partial charge on any atom is 0.402 e. The number of fused-ring (bicyclic) bond motifs is 3. The molecular formula is C18H19BN3O+. The third kappa shape index (κ3) is 2.07. The van der Waals surface area contributed by atoms with E-state index in [9.17, 15) is 0 Å². The number of nitrogens with zero attached hydrogens (tertiary/aromatic N) is 3. The first-order chi connectivity index (χ1) is 11.1. The molecule has 0 bridgehead atoms. The van der Waals surface area contributed by atoms with E-state index in [2.05, 4.69) is 65.5 Å². The zero-order valence-corrected chi connectivity index (χ0v) is 13.9. The van der Waals surface area contributed by atoms with Crippen LogP contribution < -0.4 is 20.0 Å². The smallest absolute Gasteiger partial charge is 0.402 e. The molecule has 5 heteroatoms. The quantitative estimate of drug-likeness (QED) is 0.505. The van der Waals surface area contributed by atoms with E-state index in [1.165, 1.54) is 0 Å². The molecule has 0 spiro atoms. The van der Waals surface area contributed by atoms with E-state index in [1.807, 2.05) is 19.1 Å². The maximum atomic E-state index is 6.09. The molecule has 114 valence electrons. The maximum absolute atomic E-state index is 6.09. The van der Waals surface area contributed by atoms with Gasteiger partial charge in [-0.2, -0.15) is 0 Å². The first kappa shape index (κ1) is 14.1. The van der Waals surface area contributed by atoms with Crippen LogP contribution in [-0.2, 0) is 7.05 Å². The van der Waals surface area contributed by atoms with E-state index in [0.29, 0.717) is 0 Å². The molecule has 0 atom stereocenters. The van der Waals surface area contributed by atoms with Gasteiger partial charge in [-0.1, -0.05) is 12.0 Å². The second-order valence-corrected chi connectivity index (χ2v) is 6.18. The van der Waals surface area contributed by atoms with Crippen LogP contribution in [0.15, 0.2) is 40.9 Å². The van der Waals surface area contributed by atoms with Gasteiger partial charge in [0.1, 0.15) is 5.70 Å². The van der Waals surface area contributed by atoms with Crippen LogP contribution in [0.4, 0.5) is 5.82 Å². The van der Waals surface area contributed by atoms with E-state index in [-0.39, 0.29) is 6.85 Å². The van der Waals surface area contributed by atoms with Crippen molar-refractivity contribution in [2.75, 3.05) is 4.81 Å². The minimum absolute atomic E-state index is 0.248. The second kappa shape index (κ2) is 4.98. The number of pyridine rings is 2. The summed E-state index contributed by atoms with van der Waals surface area (Å²) in [4.78, 5) is 6.83. The van der Waals surface area contributed by atoms with Crippen molar-refractivity contribution >= 4 is 35.4 Å². The van der Waals surface area contributed by atoms with Crippen LogP contribution in [0.3, 0.4) is 0 Å². The fourth-order valence-corrected chi connectivity index (χ4v) is 3.40. The predicted molar refractivity (Wildman–Crippen MR) is 93.3 cm³/mol. The normalized spacial score (nSPS) is 14.2. The average Bonchev–Trinajstić information content (AvgIpc) is 2.87. The summed E-state index contributed by atoms with van der Waals surface area (Å²) in [5, 5.41) is 2.25. The molecule has 4 rings (SSSR count). The Kier molecular flexibility index (Phi) is 3.05. The first-order valence-corrected chi connectivity index (χ1v) is 7.89. The number of aryl methyl sites for hydroxylation is 2. The Labute approximate surface area is 135 Å². The molecule has 0 aliphatic carbocycles. The van der Waals surface area contributed by atoms with Crippen molar-refractivity contribution in [3.05, 3.63) is 52.9 Å². The van der Waals surface area contributed by atoms with Gasteiger partial charge in [0.25, 0.3) is 5.82 Å². The standard InChI is InChI=1S/C18H19BN3O/c1-12-8-9-14-15-11-19(3)22(16-7-5-6-10-21(16)4)13(2)17(15)23-18(14)20-12/h5-11H,1-4H3/q+1. The van der Waals surface area contributed by atoms with Gasteiger partial charge in [0.2, 0.25) is 5.71 Å². The van der Waals surface area contributed by atoms with Crippen LogP contribution in [0.1, 0.15) is 12.6 Å². The zero-order valence-electron chi connectivity index (χ0n) is 13.9. The molecule has 0 radical (unpaired) electrons. The molecule has 4 heterocycles. The van der Waals surface area contributed by atoms with Gasteiger partial charge < -0.3 is 4.42 Å². The Balaban J connectivity index is 2.03. The molecule has 4 nitrogen and oxygen atoms in total. The average molecular weight is 304 g/mol. The summed E-state index contributed by atoms with van der Waals surface area (Å²) in [6.45, 7) is 6.56. The Hall–Kier alpha value is -2.56. The number of rotatable bonds is 1. The summed E-state index contributed by atoms with van der Waals surface area (Å²) < 4.78 is 8.22. The minimum Gasteiger partial charge on any atom is -0.434 e. The van der Waals surface area contributed by atoms with Crippen LogP contribution in [-0.4, -0.2) is 11.8 Å². The molecule has 1 aliphatic heterocycles. The molecule has 0 unspecified atom stereocenters. The second-order valence-electron chi connectivity index (χ2n) is 6.18. The molecule has 0 amide bonds. The third-order valence-electron chi connectivity index (χ3n) is 4.51. The van der Waals surface area contributed by atoms with Crippen molar-refractivity contribution in [2.45, 2.75) is 20.7 Å². The minimum atomic E-state index is 0.248. The number of furan rings is 1. The summed E-state index contributed by atoms with van der Waals surface area (Å²) in [5.74, 6) is 3.40. The highest BCUT2D eigenvalue weighted by molar-refractivity contribution is 6.77. The van der Waals surface area contributed by atoms with Gasteiger partial charge in [0, 0.05) is 22.4 Å². The van der Waals surface area contributed by atoms with E-state index in [4.69, 9.17) is 4.42 Å². The Bertz CT molecular complexity index is 1040. The van der Waals surface area contributed by atoms with Gasteiger partial charge >= 0.3 is 6.85 Å². The molecule has 0 N–H and O–H groups in total. The summed E-state index contributed by atoms with van der Waals surface area (Å²) in [5.41, 5.74) is 3.73. The Morgan fingerprint density at radius 1 is 1.17 bits per heavy atom. The lowest BCUT2D eigenvalue weighted by atomic mass is 9.61. The third-order valence-corrected chi connectivity index (χ3v) is 4.51. The van der Waals surface area contributed by atoms with Crippen LogP contribution in [0, 0.1) is 6.92 Å². The molecule has 3 aromatic heterocycles. The first-order valence-electron chi connectivity index (χ1n) is 7.89. The van der Waals surface area contributed by atoms with Crippen LogP contribution >= 0.6 is 0 Å². The highest BCUT2D eigenvalue weighted by Crippen LogP contribution is 2.20. The molecular weight excluding hydrogens is 285 g/mol. The van der Waals surface area contributed by atoms with E-state index in [0.717, 1.165) is 38.9 Å². The number of hydrogen-bond donors (Lipinski definition) is 0. The lowest BCUT2D eigenvalue weighted by Crippen LogP contribution is -2.49. The summed E-state index contributed by atoms with van der Waals surface area (Å²) in [6, 6.07) is 10.4. The number of anilines is 1. The van der Waals surface area contributed by atoms with Crippen molar-refractivity contribution in [1.82, 2.24) is 4.98 Å².